The van der Waals surface area contributed by atoms with Gasteiger partial charge in [-0.15, -0.1) is 0 Å². The third-order valence-corrected chi connectivity index (χ3v) is 2.07. The molecule has 0 bridgehead atoms. The van der Waals surface area contributed by atoms with Gasteiger partial charge in [-0.3, -0.25) is 4.39 Å². The Balaban J connectivity index is 2.67. The Kier molecular flexibility index (Phi) is 5.38. The predicted molar refractivity (Wildman–Crippen MR) is 63.2 cm³/mol. The van der Waals surface area contributed by atoms with Crippen LogP contribution in [-0.4, -0.2) is 19.8 Å². The summed E-state index contributed by atoms with van der Waals surface area (Å²) in [4.78, 5) is 0. The van der Waals surface area contributed by atoms with E-state index in [0.717, 1.165) is 16.9 Å². The Morgan fingerprint density at radius 1 is 1.44 bits per heavy atom. The molecule has 1 aromatic rings. The topological polar surface area (TPSA) is 35.2 Å². The van der Waals surface area contributed by atoms with Crippen molar-refractivity contribution >= 4 is 0 Å². The lowest BCUT2D eigenvalue weighted by atomic mass is 10.1. The molecular formula is C13H16FNO. The Bertz CT molecular complexity index is 393. The zero-order valence-corrected chi connectivity index (χ0v) is 9.42. The second-order valence-electron chi connectivity index (χ2n) is 3.37. The Labute approximate surface area is 95.6 Å². The van der Waals surface area contributed by atoms with Crippen molar-refractivity contribution < 1.29 is 9.13 Å². The second kappa shape index (κ2) is 6.86. The quantitative estimate of drug-likeness (QED) is 0.624. The normalized spacial score (nSPS) is 9.44. The zero-order chi connectivity index (χ0) is 11.8. The molecule has 0 atom stereocenters. The fourth-order valence-corrected chi connectivity index (χ4v) is 1.26. The van der Waals surface area contributed by atoms with Gasteiger partial charge in [0, 0.05) is 12.0 Å². The lowest BCUT2D eigenvalue weighted by Gasteiger charge is -2.06. The minimum Gasteiger partial charge on any atom is -0.493 e. The molecule has 2 N–H and O–H groups in total. The molecule has 0 aliphatic rings. The van der Waals surface area contributed by atoms with Gasteiger partial charge in [0.05, 0.1) is 19.8 Å². The number of hydrogen-bond donors (Lipinski definition) is 1. The van der Waals surface area contributed by atoms with E-state index in [4.69, 9.17) is 10.5 Å². The monoisotopic (exact) mass is 221 g/mol. The molecule has 0 radical (unpaired) electrons. The first-order valence-electron chi connectivity index (χ1n) is 5.26. The van der Waals surface area contributed by atoms with Crippen LogP contribution in [0, 0.1) is 18.8 Å². The average molecular weight is 221 g/mol. The maximum Gasteiger partial charge on any atom is 0.119 e. The molecule has 2 nitrogen and oxygen atoms in total. The summed E-state index contributed by atoms with van der Waals surface area (Å²) >= 11 is 0. The molecule has 0 saturated carbocycles. The molecule has 3 heteroatoms. The fourth-order valence-electron chi connectivity index (χ4n) is 1.26. The van der Waals surface area contributed by atoms with Crippen LogP contribution in [0.25, 0.3) is 0 Å². The first-order valence-corrected chi connectivity index (χ1v) is 5.26. The van der Waals surface area contributed by atoms with Crippen molar-refractivity contribution in [3.05, 3.63) is 29.3 Å². The highest BCUT2D eigenvalue weighted by Gasteiger charge is 1.98. The summed E-state index contributed by atoms with van der Waals surface area (Å²) < 4.78 is 17.2. The molecule has 1 aromatic carbocycles. The van der Waals surface area contributed by atoms with Crippen molar-refractivity contribution in [2.45, 2.75) is 13.3 Å². The minimum absolute atomic E-state index is 0.348. The van der Waals surface area contributed by atoms with Crippen molar-refractivity contribution in [1.29, 1.82) is 0 Å². The molecule has 0 amide bonds. The Hall–Kier alpha value is -1.53. The summed E-state index contributed by atoms with van der Waals surface area (Å²) in [5, 5.41) is 0. The summed E-state index contributed by atoms with van der Waals surface area (Å²) in [7, 11) is 0. The van der Waals surface area contributed by atoms with Crippen LogP contribution >= 0.6 is 0 Å². The number of ether oxygens (including phenoxy) is 1. The van der Waals surface area contributed by atoms with Crippen molar-refractivity contribution in [3.63, 3.8) is 0 Å². The van der Waals surface area contributed by atoms with Gasteiger partial charge in [0.2, 0.25) is 0 Å². The van der Waals surface area contributed by atoms with E-state index in [2.05, 4.69) is 11.8 Å². The molecule has 0 aromatic heterocycles. The van der Waals surface area contributed by atoms with Gasteiger partial charge in [0.1, 0.15) is 5.75 Å². The van der Waals surface area contributed by atoms with Crippen LogP contribution < -0.4 is 10.5 Å². The number of alkyl halides is 1. The number of hydrogen-bond acceptors (Lipinski definition) is 2. The summed E-state index contributed by atoms with van der Waals surface area (Å²) in [6.07, 6.45) is 0.424. The van der Waals surface area contributed by atoms with Gasteiger partial charge in [-0.1, -0.05) is 11.8 Å². The maximum atomic E-state index is 11.9. The number of nitrogens with two attached hydrogens (primary N) is 1. The molecular weight excluding hydrogens is 205 g/mol. The lowest BCUT2D eigenvalue weighted by Crippen LogP contribution is -1.98. The van der Waals surface area contributed by atoms with E-state index >= 15 is 0 Å². The average Bonchev–Trinajstić information content (AvgIpc) is 2.28. The zero-order valence-electron chi connectivity index (χ0n) is 9.42. The molecule has 0 spiro atoms. The third kappa shape index (κ3) is 3.92. The molecule has 0 aliphatic heterocycles. The van der Waals surface area contributed by atoms with Gasteiger partial charge in [0.25, 0.3) is 0 Å². The number of benzene rings is 1. The van der Waals surface area contributed by atoms with Crippen LogP contribution in [0.15, 0.2) is 18.2 Å². The molecule has 16 heavy (non-hydrogen) atoms. The van der Waals surface area contributed by atoms with Crippen molar-refractivity contribution in [2.24, 2.45) is 5.73 Å². The van der Waals surface area contributed by atoms with E-state index in [1.54, 1.807) is 0 Å². The lowest BCUT2D eigenvalue weighted by molar-refractivity contribution is 0.289. The maximum absolute atomic E-state index is 11.9. The summed E-state index contributed by atoms with van der Waals surface area (Å²) in [5.74, 6) is 6.53. The Morgan fingerprint density at radius 3 is 2.88 bits per heavy atom. The van der Waals surface area contributed by atoms with Crippen LogP contribution in [0.5, 0.6) is 5.75 Å². The highest BCUT2D eigenvalue weighted by Crippen LogP contribution is 2.16. The van der Waals surface area contributed by atoms with Crippen molar-refractivity contribution in [3.8, 4) is 17.6 Å². The van der Waals surface area contributed by atoms with Crippen molar-refractivity contribution in [2.75, 3.05) is 19.8 Å². The first kappa shape index (κ1) is 12.5. The van der Waals surface area contributed by atoms with Gasteiger partial charge in [-0.05, 0) is 30.7 Å². The summed E-state index contributed by atoms with van der Waals surface area (Å²) in [6.45, 7) is 2.37. The van der Waals surface area contributed by atoms with Gasteiger partial charge in [-0.25, -0.2) is 0 Å². The summed E-state index contributed by atoms with van der Waals surface area (Å²) in [5.41, 5.74) is 7.29. The smallest absolute Gasteiger partial charge is 0.119 e. The number of halogens is 1. The van der Waals surface area contributed by atoms with Crippen LogP contribution in [0.3, 0.4) is 0 Å². The SMILES string of the molecule is Cc1cc(OCCCF)ccc1C#CCN. The van der Waals surface area contributed by atoms with E-state index in [1.807, 2.05) is 25.1 Å². The molecule has 0 aliphatic carbocycles. The molecule has 0 fully saturated rings. The number of aryl methyl sites for hydroxylation is 1. The fraction of sp³-hybridized carbons (Fsp3) is 0.385. The van der Waals surface area contributed by atoms with E-state index < -0.39 is 0 Å². The Morgan fingerprint density at radius 2 is 2.25 bits per heavy atom. The van der Waals surface area contributed by atoms with Gasteiger partial charge in [0.15, 0.2) is 0 Å². The molecule has 86 valence electrons. The van der Waals surface area contributed by atoms with Crippen LogP contribution in [-0.2, 0) is 0 Å². The summed E-state index contributed by atoms with van der Waals surface area (Å²) in [6, 6.07) is 5.63. The van der Waals surface area contributed by atoms with Crippen molar-refractivity contribution in [1.82, 2.24) is 0 Å². The highest BCUT2D eigenvalue weighted by atomic mass is 19.1. The predicted octanol–water partition coefficient (Wildman–Crippen LogP) is 2.04. The minimum atomic E-state index is -0.348. The second-order valence-corrected chi connectivity index (χ2v) is 3.37. The van der Waals surface area contributed by atoms with Crippen LogP contribution in [0.4, 0.5) is 4.39 Å². The van der Waals surface area contributed by atoms with E-state index in [0.29, 0.717) is 19.6 Å². The van der Waals surface area contributed by atoms with Crippen LogP contribution in [0.2, 0.25) is 0 Å². The third-order valence-electron chi connectivity index (χ3n) is 2.07. The van der Waals surface area contributed by atoms with E-state index in [-0.39, 0.29) is 6.67 Å². The van der Waals surface area contributed by atoms with E-state index in [1.165, 1.54) is 0 Å². The molecule has 0 unspecified atom stereocenters. The standard InChI is InChI=1S/C13H16FNO/c1-11-10-13(16-9-3-7-14)6-5-12(11)4-2-8-15/h5-6,10H,3,7-9,15H2,1H3. The molecule has 0 heterocycles. The van der Waals surface area contributed by atoms with Gasteiger partial charge in [-0.2, -0.15) is 0 Å². The largest absolute Gasteiger partial charge is 0.493 e. The highest BCUT2D eigenvalue weighted by molar-refractivity contribution is 5.44. The van der Waals surface area contributed by atoms with Gasteiger partial charge >= 0.3 is 0 Å². The van der Waals surface area contributed by atoms with E-state index in [9.17, 15) is 4.39 Å². The first-order chi connectivity index (χ1) is 7.77. The molecule has 0 saturated heterocycles. The van der Waals surface area contributed by atoms with Crippen LogP contribution in [0.1, 0.15) is 17.5 Å². The number of rotatable bonds is 4. The molecule has 1 rings (SSSR count). The van der Waals surface area contributed by atoms with Gasteiger partial charge < -0.3 is 10.5 Å².